The van der Waals surface area contributed by atoms with Crippen LogP contribution < -0.4 is 5.73 Å². The van der Waals surface area contributed by atoms with Crippen molar-refractivity contribution in [1.82, 2.24) is 0 Å². The third kappa shape index (κ3) is 4.31. The number of aliphatic hydroxyl groups excluding tert-OH is 1. The molecular formula is C13H21NO2. The zero-order valence-electron chi connectivity index (χ0n) is 9.86. The Kier molecular flexibility index (Phi) is 5.46. The highest BCUT2D eigenvalue weighted by Crippen LogP contribution is 2.18. The summed E-state index contributed by atoms with van der Waals surface area (Å²) in [4.78, 5) is 0. The van der Waals surface area contributed by atoms with Crippen LogP contribution in [0.15, 0.2) is 30.3 Å². The SMILES string of the molecule is CC(CN)(CO)CCOCc1ccccc1. The maximum atomic E-state index is 9.17. The fraction of sp³-hybridized carbons (Fsp3) is 0.538. The maximum absolute atomic E-state index is 9.17. The summed E-state index contributed by atoms with van der Waals surface area (Å²) >= 11 is 0. The van der Waals surface area contributed by atoms with E-state index in [1.165, 1.54) is 5.56 Å². The van der Waals surface area contributed by atoms with E-state index in [1.54, 1.807) is 0 Å². The van der Waals surface area contributed by atoms with Crippen LogP contribution in [0.1, 0.15) is 18.9 Å². The molecule has 0 amide bonds. The van der Waals surface area contributed by atoms with Crippen molar-refractivity contribution in [2.75, 3.05) is 19.8 Å². The number of hydrogen-bond donors (Lipinski definition) is 2. The van der Waals surface area contributed by atoms with Crippen LogP contribution in [0.25, 0.3) is 0 Å². The molecule has 16 heavy (non-hydrogen) atoms. The van der Waals surface area contributed by atoms with E-state index in [4.69, 9.17) is 15.6 Å². The Morgan fingerprint density at radius 3 is 2.56 bits per heavy atom. The van der Waals surface area contributed by atoms with Crippen molar-refractivity contribution in [2.24, 2.45) is 11.1 Å². The Bertz CT molecular complexity index is 283. The molecule has 0 fully saturated rings. The highest BCUT2D eigenvalue weighted by Gasteiger charge is 2.20. The standard InChI is InChI=1S/C13H21NO2/c1-13(10-14,11-15)7-8-16-9-12-5-3-2-4-6-12/h2-6,15H,7-11,14H2,1H3. The van der Waals surface area contributed by atoms with E-state index in [1.807, 2.05) is 37.3 Å². The molecule has 0 aliphatic carbocycles. The molecule has 0 radical (unpaired) electrons. The highest BCUT2D eigenvalue weighted by atomic mass is 16.5. The van der Waals surface area contributed by atoms with Gasteiger partial charge in [0.1, 0.15) is 0 Å². The minimum Gasteiger partial charge on any atom is -0.396 e. The Morgan fingerprint density at radius 2 is 2.00 bits per heavy atom. The predicted octanol–water partition coefficient (Wildman–Crippen LogP) is 1.55. The molecule has 1 aromatic carbocycles. The normalized spacial score (nSPS) is 14.7. The van der Waals surface area contributed by atoms with Crippen LogP contribution in [0.3, 0.4) is 0 Å². The van der Waals surface area contributed by atoms with Gasteiger partial charge in [0.05, 0.1) is 6.61 Å². The van der Waals surface area contributed by atoms with Gasteiger partial charge in [-0.25, -0.2) is 0 Å². The fourth-order valence-corrected chi connectivity index (χ4v) is 1.33. The van der Waals surface area contributed by atoms with Crippen molar-refractivity contribution in [3.8, 4) is 0 Å². The van der Waals surface area contributed by atoms with Crippen LogP contribution in [-0.4, -0.2) is 24.9 Å². The van der Waals surface area contributed by atoms with E-state index in [0.717, 1.165) is 6.42 Å². The van der Waals surface area contributed by atoms with Crippen molar-refractivity contribution in [3.05, 3.63) is 35.9 Å². The molecule has 1 aromatic rings. The van der Waals surface area contributed by atoms with Gasteiger partial charge in [-0.2, -0.15) is 0 Å². The Labute approximate surface area is 97.2 Å². The van der Waals surface area contributed by atoms with Gasteiger partial charge in [-0.15, -0.1) is 0 Å². The molecule has 1 atom stereocenters. The van der Waals surface area contributed by atoms with Gasteiger partial charge in [0, 0.05) is 18.6 Å². The molecular weight excluding hydrogens is 202 g/mol. The highest BCUT2D eigenvalue weighted by molar-refractivity contribution is 5.13. The monoisotopic (exact) mass is 223 g/mol. The van der Waals surface area contributed by atoms with Crippen LogP contribution in [0.4, 0.5) is 0 Å². The molecule has 1 unspecified atom stereocenters. The molecule has 0 heterocycles. The Morgan fingerprint density at radius 1 is 1.31 bits per heavy atom. The van der Waals surface area contributed by atoms with Gasteiger partial charge < -0.3 is 15.6 Å². The second-order valence-electron chi connectivity index (χ2n) is 4.46. The molecule has 90 valence electrons. The molecule has 3 heteroatoms. The number of ether oxygens (including phenoxy) is 1. The van der Waals surface area contributed by atoms with E-state index in [-0.39, 0.29) is 12.0 Å². The summed E-state index contributed by atoms with van der Waals surface area (Å²) in [6, 6.07) is 10.1. The molecule has 0 bridgehead atoms. The van der Waals surface area contributed by atoms with Gasteiger partial charge in [-0.3, -0.25) is 0 Å². The van der Waals surface area contributed by atoms with Gasteiger partial charge in [0.25, 0.3) is 0 Å². The first-order valence-electron chi connectivity index (χ1n) is 5.63. The summed E-state index contributed by atoms with van der Waals surface area (Å²) in [5, 5.41) is 9.17. The number of hydrogen-bond acceptors (Lipinski definition) is 3. The molecule has 3 N–H and O–H groups in total. The summed E-state index contributed by atoms with van der Waals surface area (Å²) in [5.74, 6) is 0. The summed E-state index contributed by atoms with van der Waals surface area (Å²) in [6.45, 7) is 3.81. The number of rotatable bonds is 7. The summed E-state index contributed by atoms with van der Waals surface area (Å²) in [7, 11) is 0. The maximum Gasteiger partial charge on any atom is 0.0716 e. The second kappa shape index (κ2) is 6.63. The van der Waals surface area contributed by atoms with Crippen molar-refractivity contribution in [2.45, 2.75) is 20.0 Å². The number of aliphatic hydroxyl groups is 1. The van der Waals surface area contributed by atoms with Gasteiger partial charge in [-0.1, -0.05) is 37.3 Å². The van der Waals surface area contributed by atoms with Crippen LogP contribution in [-0.2, 0) is 11.3 Å². The lowest BCUT2D eigenvalue weighted by atomic mass is 9.88. The van der Waals surface area contributed by atoms with Crippen LogP contribution in [0.2, 0.25) is 0 Å². The first-order valence-corrected chi connectivity index (χ1v) is 5.63. The quantitative estimate of drug-likeness (QED) is 0.690. The molecule has 0 aliphatic rings. The zero-order valence-corrected chi connectivity index (χ0v) is 9.86. The van der Waals surface area contributed by atoms with Crippen molar-refractivity contribution >= 4 is 0 Å². The van der Waals surface area contributed by atoms with Gasteiger partial charge in [0.15, 0.2) is 0 Å². The first kappa shape index (κ1) is 13.2. The van der Waals surface area contributed by atoms with E-state index < -0.39 is 0 Å². The third-order valence-corrected chi connectivity index (χ3v) is 2.84. The molecule has 0 aliphatic heterocycles. The lowest BCUT2D eigenvalue weighted by molar-refractivity contribution is 0.0633. The predicted molar refractivity (Wildman–Crippen MR) is 65.0 cm³/mol. The largest absolute Gasteiger partial charge is 0.396 e. The smallest absolute Gasteiger partial charge is 0.0716 e. The van der Waals surface area contributed by atoms with Crippen LogP contribution >= 0.6 is 0 Å². The lowest BCUT2D eigenvalue weighted by Gasteiger charge is -2.24. The summed E-state index contributed by atoms with van der Waals surface area (Å²) in [6.07, 6.45) is 0.785. The third-order valence-electron chi connectivity index (χ3n) is 2.84. The molecule has 3 nitrogen and oxygen atoms in total. The first-order chi connectivity index (χ1) is 7.70. The Balaban J connectivity index is 2.22. The molecule has 0 saturated heterocycles. The average Bonchev–Trinajstić information content (AvgIpc) is 2.36. The van der Waals surface area contributed by atoms with Crippen molar-refractivity contribution in [3.63, 3.8) is 0 Å². The lowest BCUT2D eigenvalue weighted by Crippen LogP contribution is -2.32. The molecule has 0 saturated carbocycles. The number of nitrogens with two attached hydrogens (primary N) is 1. The van der Waals surface area contributed by atoms with Crippen molar-refractivity contribution in [1.29, 1.82) is 0 Å². The molecule has 0 aromatic heterocycles. The van der Waals surface area contributed by atoms with E-state index in [2.05, 4.69) is 0 Å². The van der Waals surface area contributed by atoms with Crippen LogP contribution in [0.5, 0.6) is 0 Å². The topological polar surface area (TPSA) is 55.5 Å². The second-order valence-corrected chi connectivity index (χ2v) is 4.46. The Hall–Kier alpha value is -0.900. The minimum absolute atomic E-state index is 0.109. The van der Waals surface area contributed by atoms with E-state index >= 15 is 0 Å². The van der Waals surface area contributed by atoms with Gasteiger partial charge in [-0.05, 0) is 18.5 Å². The molecule has 0 spiro atoms. The van der Waals surface area contributed by atoms with E-state index in [0.29, 0.717) is 19.8 Å². The van der Waals surface area contributed by atoms with Gasteiger partial charge >= 0.3 is 0 Å². The van der Waals surface area contributed by atoms with Crippen molar-refractivity contribution < 1.29 is 9.84 Å². The fourth-order valence-electron chi connectivity index (χ4n) is 1.33. The average molecular weight is 223 g/mol. The number of benzene rings is 1. The van der Waals surface area contributed by atoms with E-state index in [9.17, 15) is 0 Å². The van der Waals surface area contributed by atoms with Crippen LogP contribution in [0, 0.1) is 5.41 Å². The minimum atomic E-state index is -0.212. The molecule has 1 rings (SSSR count). The summed E-state index contributed by atoms with van der Waals surface area (Å²) < 4.78 is 5.55. The van der Waals surface area contributed by atoms with Gasteiger partial charge in [0.2, 0.25) is 0 Å². The summed E-state index contributed by atoms with van der Waals surface area (Å²) in [5.41, 5.74) is 6.55. The zero-order chi connectivity index (χ0) is 11.9.